The summed E-state index contributed by atoms with van der Waals surface area (Å²) in [6.45, 7) is 0. The third-order valence-electron chi connectivity index (χ3n) is 4.54. The predicted molar refractivity (Wildman–Crippen MR) is 111 cm³/mol. The van der Waals surface area contributed by atoms with Crippen LogP contribution in [0.1, 0.15) is 33.0 Å². The first-order valence-electron chi connectivity index (χ1n) is 8.85. The fourth-order valence-corrected chi connectivity index (χ4v) is 3.62. The predicted octanol–water partition coefficient (Wildman–Crippen LogP) is 4.50. The van der Waals surface area contributed by atoms with E-state index in [2.05, 4.69) is 16.9 Å². The van der Waals surface area contributed by atoms with Gasteiger partial charge in [-0.15, -0.1) is 0 Å². The van der Waals surface area contributed by atoms with E-state index in [1.807, 2.05) is 42.5 Å². The number of aromatic carboxylic acids is 1. The van der Waals surface area contributed by atoms with Crippen LogP contribution in [-0.4, -0.2) is 19.8 Å². The van der Waals surface area contributed by atoms with Gasteiger partial charge >= 0.3 is 5.97 Å². The quantitative estimate of drug-likeness (QED) is 0.490. The van der Waals surface area contributed by atoms with Gasteiger partial charge in [0.2, 0.25) is 0 Å². The lowest BCUT2D eigenvalue weighted by molar-refractivity contribution is 0.0696. The van der Waals surface area contributed by atoms with Crippen LogP contribution in [0.3, 0.4) is 0 Å². The zero-order valence-corrected chi connectivity index (χ0v) is 15.9. The van der Waals surface area contributed by atoms with E-state index in [1.54, 1.807) is 24.3 Å². The average Bonchev–Trinajstić information content (AvgIpc) is 2.68. The summed E-state index contributed by atoms with van der Waals surface area (Å²) in [6, 6.07) is 24.5. The van der Waals surface area contributed by atoms with E-state index in [9.17, 15) is 14.1 Å². The fourth-order valence-electron chi connectivity index (χ4n) is 3.30. The Morgan fingerprint density at radius 3 is 2.18 bits per heavy atom. The molecule has 3 aromatic rings. The Morgan fingerprint density at radius 1 is 0.893 bits per heavy atom. The first kappa shape index (κ1) is 19.8. The molecule has 0 bridgehead atoms. The molecule has 0 aliphatic carbocycles. The highest BCUT2D eigenvalue weighted by Crippen LogP contribution is 2.27. The highest BCUT2D eigenvalue weighted by Gasteiger charge is 2.15. The van der Waals surface area contributed by atoms with E-state index in [0.29, 0.717) is 12.1 Å². The topological polar surface area (TPSA) is 86.6 Å². The van der Waals surface area contributed by atoms with Gasteiger partial charge in [-0.25, -0.2) is 9.00 Å². The molecular weight excluding hydrogens is 374 g/mol. The summed E-state index contributed by atoms with van der Waals surface area (Å²) in [5.41, 5.74) is 4.00. The number of carbonyl (C=O) groups is 1. The van der Waals surface area contributed by atoms with Gasteiger partial charge in [0.25, 0.3) is 11.3 Å². The van der Waals surface area contributed by atoms with Gasteiger partial charge in [-0.3, -0.25) is 9.27 Å². The Balaban J connectivity index is 1.87. The molecule has 2 unspecified atom stereocenters. The SMILES string of the molecule is O=C(O)c1cccc(CC(Cc2cccc(NS(=O)O)c2)c2ccccc2)c1. The molecule has 0 radical (unpaired) electrons. The van der Waals surface area contributed by atoms with Gasteiger partial charge in [0.05, 0.1) is 5.56 Å². The third kappa shape index (κ3) is 5.52. The summed E-state index contributed by atoms with van der Waals surface area (Å²) in [7, 11) is 0. The Kier molecular flexibility index (Phi) is 6.57. The number of nitrogens with one attached hydrogen (secondary N) is 1. The number of carboxylic acid groups (broad SMARTS) is 1. The maximum absolute atomic E-state index is 11.3. The van der Waals surface area contributed by atoms with Crippen molar-refractivity contribution in [2.45, 2.75) is 18.8 Å². The summed E-state index contributed by atoms with van der Waals surface area (Å²) >= 11 is -2.12. The molecule has 5 nitrogen and oxygen atoms in total. The van der Waals surface area contributed by atoms with Gasteiger partial charge in [0.15, 0.2) is 0 Å². The van der Waals surface area contributed by atoms with Gasteiger partial charge in [-0.05, 0) is 59.7 Å². The lowest BCUT2D eigenvalue weighted by Crippen LogP contribution is -2.08. The monoisotopic (exact) mass is 395 g/mol. The molecular formula is C22H21NO4S. The standard InChI is InChI=1S/C22H21NO4S/c24-22(25)19-10-4-6-16(12-19)13-20(18-8-2-1-3-9-18)14-17-7-5-11-21(15-17)23-28(26)27/h1-12,15,20,23H,13-14H2,(H,24,25)(H,26,27). The zero-order chi connectivity index (χ0) is 19.9. The van der Waals surface area contributed by atoms with Crippen LogP contribution in [0.25, 0.3) is 0 Å². The van der Waals surface area contributed by atoms with E-state index in [4.69, 9.17) is 4.55 Å². The highest BCUT2D eigenvalue weighted by molar-refractivity contribution is 7.80. The van der Waals surface area contributed by atoms with Crippen LogP contribution in [0.15, 0.2) is 78.9 Å². The molecule has 3 rings (SSSR count). The van der Waals surface area contributed by atoms with Crippen LogP contribution in [0.5, 0.6) is 0 Å². The van der Waals surface area contributed by atoms with Crippen molar-refractivity contribution in [2.75, 3.05) is 4.72 Å². The number of benzene rings is 3. The second-order valence-corrected chi connectivity index (χ2v) is 7.28. The minimum Gasteiger partial charge on any atom is -0.478 e. The minimum atomic E-state index is -2.12. The first-order chi connectivity index (χ1) is 13.5. The van der Waals surface area contributed by atoms with Crippen LogP contribution in [0, 0.1) is 0 Å². The van der Waals surface area contributed by atoms with Gasteiger partial charge in [0, 0.05) is 5.69 Å². The van der Waals surface area contributed by atoms with Crippen LogP contribution in [0.2, 0.25) is 0 Å². The van der Waals surface area contributed by atoms with E-state index >= 15 is 0 Å². The van der Waals surface area contributed by atoms with Gasteiger partial charge < -0.3 is 5.11 Å². The smallest absolute Gasteiger partial charge is 0.335 e. The summed E-state index contributed by atoms with van der Waals surface area (Å²) in [5, 5.41) is 9.25. The Bertz CT molecular complexity index is 975. The number of rotatable bonds is 8. The van der Waals surface area contributed by atoms with Gasteiger partial charge in [0.1, 0.15) is 0 Å². The second-order valence-electron chi connectivity index (χ2n) is 6.57. The summed E-state index contributed by atoms with van der Waals surface area (Å²) in [6.07, 6.45) is 1.41. The molecule has 2 atom stereocenters. The van der Waals surface area contributed by atoms with E-state index in [0.717, 1.165) is 23.1 Å². The van der Waals surface area contributed by atoms with Crippen LogP contribution in [-0.2, 0) is 24.1 Å². The molecule has 0 aliphatic rings. The molecule has 0 fully saturated rings. The van der Waals surface area contributed by atoms with Crippen molar-refractivity contribution in [1.82, 2.24) is 0 Å². The summed E-state index contributed by atoms with van der Waals surface area (Å²) < 4.78 is 22.5. The molecule has 0 amide bonds. The molecule has 3 N–H and O–H groups in total. The third-order valence-corrected chi connectivity index (χ3v) is 4.95. The molecule has 0 spiro atoms. The molecule has 0 aromatic heterocycles. The fraction of sp³-hybridized carbons (Fsp3) is 0.136. The lowest BCUT2D eigenvalue weighted by atomic mass is 9.86. The van der Waals surface area contributed by atoms with Crippen molar-refractivity contribution in [3.8, 4) is 0 Å². The number of hydrogen-bond acceptors (Lipinski definition) is 2. The van der Waals surface area contributed by atoms with Crippen molar-refractivity contribution in [3.05, 3.63) is 101 Å². The Hall–Kier alpha value is -2.96. The molecule has 28 heavy (non-hydrogen) atoms. The molecule has 0 heterocycles. The summed E-state index contributed by atoms with van der Waals surface area (Å²) in [5.74, 6) is -0.797. The number of anilines is 1. The van der Waals surface area contributed by atoms with Gasteiger partial charge in [-0.2, -0.15) is 0 Å². The average molecular weight is 395 g/mol. The van der Waals surface area contributed by atoms with Crippen molar-refractivity contribution in [3.63, 3.8) is 0 Å². The highest BCUT2D eigenvalue weighted by atomic mass is 32.2. The lowest BCUT2D eigenvalue weighted by Gasteiger charge is -2.19. The molecule has 0 saturated carbocycles. The maximum atomic E-state index is 11.3. The van der Waals surface area contributed by atoms with Crippen LogP contribution in [0.4, 0.5) is 5.69 Å². The molecule has 0 saturated heterocycles. The Labute approximate surface area is 166 Å². The largest absolute Gasteiger partial charge is 0.478 e. The number of hydrogen-bond donors (Lipinski definition) is 3. The van der Waals surface area contributed by atoms with Crippen molar-refractivity contribution >= 4 is 22.9 Å². The van der Waals surface area contributed by atoms with Crippen molar-refractivity contribution in [2.24, 2.45) is 0 Å². The summed E-state index contributed by atoms with van der Waals surface area (Å²) in [4.78, 5) is 11.3. The van der Waals surface area contributed by atoms with Crippen molar-refractivity contribution < 1.29 is 18.7 Å². The zero-order valence-electron chi connectivity index (χ0n) is 15.1. The van der Waals surface area contributed by atoms with Crippen LogP contribution < -0.4 is 4.72 Å². The number of carboxylic acids is 1. The second kappa shape index (κ2) is 9.30. The minimum absolute atomic E-state index is 0.139. The molecule has 6 heteroatoms. The van der Waals surface area contributed by atoms with E-state index in [1.165, 1.54) is 0 Å². The normalized spacial score (nSPS) is 12.9. The van der Waals surface area contributed by atoms with E-state index < -0.39 is 17.2 Å². The first-order valence-corrected chi connectivity index (χ1v) is 9.95. The maximum Gasteiger partial charge on any atom is 0.335 e. The molecule has 144 valence electrons. The van der Waals surface area contributed by atoms with Crippen molar-refractivity contribution in [1.29, 1.82) is 0 Å². The molecule has 3 aromatic carbocycles. The molecule has 0 aliphatic heterocycles. The Morgan fingerprint density at radius 2 is 1.54 bits per heavy atom. The van der Waals surface area contributed by atoms with E-state index in [-0.39, 0.29) is 11.5 Å². The van der Waals surface area contributed by atoms with Gasteiger partial charge in [-0.1, -0.05) is 54.6 Å². The van der Waals surface area contributed by atoms with Crippen LogP contribution >= 0.6 is 0 Å².